The fourth-order valence-corrected chi connectivity index (χ4v) is 5.19. The summed E-state index contributed by atoms with van der Waals surface area (Å²) in [4.78, 5) is 0. The van der Waals surface area contributed by atoms with Gasteiger partial charge in [0.25, 0.3) is 10.0 Å². The zero-order chi connectivity index (χ0) is 15.2. The van der Waals surface area contributed by atoms with Gasteiger partial charge in [0.1, 0.15) is 0 Å². The highest BCUT2D eigenvalue weighted by Gasteiger charge is 2.44. The van der Waals surface area contributed by atoms with E-state index < -0.39 is 10.0 Å². The number of sulfonamides is 1. The van der Waals surface area contributed by atoms with Crippen molar-refractivity contribution in [1.29, 1.82) is 0 Å². The molecule has 2 aromatic heterocycles. The lowest BCUT2D eigenvalue weighted by Crippen LogP contribution is -2.42. The second-order valence-corrected chi connectivity index (χ2v) is 7.48. The first kappa shape index (κ1) is 14.0. The zero-order valence-corrected chi connectivity index (χ0v) is 12.8. The Hall–Kier alpha value is -1.64. The van der Waals surface area contributed by atoms with E-state index in [9.17, 15) is 8.42 Å². The third kappa shape index (κ3) is 2.18. The number of hydrogen-bond acceptors (Lipinski definition) is 6. The molecule has 4 rings (SSSR count). The van der Waals surface area contributed by atoms with Crippen LogP contribution in [0.25, 0.3) is 11.5 Å². The predicted octanol–water partition coefficient (Wildman–Crippen LogP) is 1.45. The molecular weight excluding hydrogens is 306 g/mol. The summed E-state index contributed by atoms with van der Waals surface area (Å²) in [6, 6.07) is 4.80. The Balaban J connectivity index is 1.69. The van der Waals surface area contributed by atoms with Crippen molar-refractivity contribution in [2.45, 2.75) is 36.4 Å². The van der Waals surface area contributed by atoms with Crippen LogP contribution >= 0.6 is 0 Å². The normalized spacial score (nSPS) is 26.2. The van der Waals surface area contributed by atoms with Crippen LogP contribution in [0.3, 0.4) is 0 Å². The van der Waals surface area contributed by atoms with Gasteiger partial charge in [-0.2, -0.15) is 4.31 Å². The van der Waals surface area contributed by atoms with Gasteiger partial charge in [-0.25, -0.2) is 8.42 Å². The van der Waals surface area contributed by atoms with Crippen molar-refractivity contribution >= 4 is 10.0 Å². The summed E-state index contributed by atoms with van der Waals surface area (Å²) >= 11 is 0. The fourth-order valence-electron chi connectivity index (χ4n) is 3.37. The maximum Gasteiger partial charge on any atom is 0.277 e. The molecule has 2 aromatic rings. The fraction of sp³-hybridized carbons (Fsp3) is 0.500. The lowest BCUT2D eigenvalue weighted by Gasteiger charge is -2.25. The van der Waals surface area contributed by atoms with Gasteiger partial charge >= 0.3 is 0 Å². The van der Waals surface area contributed by atoms with Gasteiger partial charge in [-0.1, -0.05) is 5.16 Å². The molecule has 0 amide bonds. The summed E-state index contributed by atoms with van der Waals surface area (Å²) in [6.07, 6.45) is 4.14. The first-order valence-electron chi connectivity index (χ1n) is 7.41. The van der Waals surface area contributed by atoms with Crippen molar-refractivity contribution in [2.75, 3.05) is 13.1 Å². The molecule has 8 heteroatoms. The molecule has 0 radical (unpaired) electrons. The number of nitrogens with one attached hydrogen (secondary N) is 1. The van der Waals surface area contributed by atoms with Crippen molar-refractivity contribution in [2.24, 2.45) is 0 Å². The highest BCUT2D eigenvalue weighted by molar-refractivity contribution is 7.89. The maximum atomic E-state index is 12.9. The molecule has 0 aromatic carbocycles. The van der Waals surface area contributed by atoms with E-state index in [1.54, 1.807) is 16.4 Å². The molecule has 0 spiro atoms. The van der Waals surface area contributed by atoms with E-state index in [1.807, 2.05) is 0 Å². The van der Waals surface area contributed by atoms with Crippen molar-refractivity contribution in [3.8, 4) is 11.5 Å². The second kappa shape index (κ2) is 5.22. The van der Waals surface area contributed by atoms with Crippen LogP contribution in [-0.2, 0) is 10.0 Å². The SMILES string of the molecule is O=S(=O)(c1ccc(-c2ccno2)o1)N1[C@H]2CCNC[C@@H]1CC2. The van der Waals surface area contributed by atoms with Crippen LogP contribution in [0.4, 0.5) is 0 Å². The van der Waals surface area contributed by atoms with Gasteiger partial charge in [0, 0.05) is 24.7 Å². The number of nitrogens with zero attached hydrogens (tertiary/aromatic N) is 2. The average Bonchev–Trinajstić information content (AvgIpc) is 3.16. The highest BCUT2D eigenvalue weighted by atomic mass is 32.2. The summed E-state index contributed by atoms with van der Waals surface area (Å²) in [5, 5.41) is 6.87. The summed E-state index contributed by atoms with van der Waals surface area (Å²) in [6.45, 7) is 1.56. The van der Waals surface area contributed by atoms with Crippen molar-refractivity contribution in [3.05, 3.63) is 24.4 Å². The van der Waals surface area contributed by atoms with Gasteiger partial charge in [0.05, 0.1) is 6.20 Å². The molecule has 2 aliphatic heterocycles. The van der Waals surface area contributed by atoms with E-state index in [0.717, 1.165) is 25.8 Å². The molecule has 0 saturated carbocycles. The standard InChI is InChI=1S/C14H17N3O4S/c18-22(19,17-10-1-2-11(17)9-15-7-5-10)14-4-3-12(20-14)13-6-8-16-21-13/h3-4,6,8,10-11,15H,1-2,5,7,9H2/t10-,11+/m1/s1. The maximum absolute atomic E-state index is 12.9. The third-order valence-corrected chi connectivity index (χ3v) is 6.26. The van der Waals surface area contributed by atoms with Gasteiger partial charge < -0.3 is 14.3 Å². The predicted molar refractivity (Wildman–Crippen MR) is 77.5 cm³/mol. The molecule has 4 heterocycles. The summed E-state index contributed by atoms with van der Waals surface area (Å²) in [5.41, 5.74) is 0. The number of fused-ring (bicyclic) bond motifs is 2. The quantitative estimate of drug-likeness (QED) is 0.919. The summed E-state index contributed by atoms with van der Waals surface area (Å²) < 4.78 is 38.0. The van der Waals surface area contributed by atoms with Gasteiger partial charge in [-0.3, -0.25) is 0 Å². The van der Waals surface area contributed by atoms with Gasteiger partial charge in [0.15, 0.2) is 5.76 Å². The Kier molecular flexibility index (Phi) is 3.32. The molecule has 2 aliphatic rings. The number of hydrogen-bond donors (Lipinski definition) is 1. The Morgan fingerprint density at radius 2 is 2.00 bits per heavy atom. The average molecular weight is 323 g/mol. The molecule has 1 N–H and O–H groups in total. The van der Waals surface area contributed by atoms with E-state index in [-0.39, 0.29) is 17.2 Å². The molecule has 2 fully saturated rings. The van der Waals surface area contributed by atoms with Crippen LogP contribution in [0, 0.1) is 0 Å². The van der Waals surface area contributed by atoms with Crippen LogP contribution in [0.1, 0.15) is 19.3 Å². The lowest BCUT2D eigenvalue weighted by atomic mass is 10.1. The van der Waals surface area contributed by atoms with Gasteiger partial charge in [0.2, 0.25) is 10.9 Å². The molecule has 2 atom stereocenters. The highest BCUT2D eigenvalue weighted by Crippen LogP contribution is 2.35. The van der Waals surface area contributed by atoms with Crippen molar-refractivity contribution < 1.29 is 17.4 Å². The molecule has 7 nitrogen and oxygen atoms in total. The minimum atomic E-state index is -3.63. The molecule has 0 aliphatic carbocycles. The van der Waals surface area contributed by atoms with Gasteiger partial charge in [-0.15, -0.1) is 0 Å². The largest absolute Gasteiger partial charge is 0.440 e. The van der Waals surface area contributed by atoms with E-state index >= 15 is 0 Å². The summed E-state index contributed by atoms with van der Waals surface area (Å²) in [7, 11) is -3.63. The minimum absolute atomic E-state index is 0.0105. The second-order valence-electron chi connectivity index (χ2n) is 5.71. The Bertz CT molecular complexity index is 739. The summed E-state index contributed by atoms with van der Waals surface area (Å²) in [5.74, 6) is 0.790. The van der Waals surface area contributed by atoms with E-state index in [2.05, 4.69) is 10.5 Å². The van der Waals surface area contributed by atoms with Crippen LogP contribution in [0.15, 0.2) is 38.4 Å². The number of rotatable bonds is 3. The Labute approximate surface area is 128 Å². The smallest absolute Gasteiger partial charge is 0.277 e. The number of aromatic nitrogens is 1. The monoisotopic (exact) mass is 323 g/mol. The first-order valence-corrected chi connectivity index (χ1v) is 8.85. The van der Waals surface area contributed by atoms with Crippen LogP contribution in [0.2, 0.25) is 0 Å². The molecule has 118 valence electrons. The Morgan fingerprint density at radius 3 is 2.82 bits per heavy atom. The third-order valence-electron chi connectivity index (χ3n) is 4.38. The van der Waals surface area contributed by atoms with E-state index in [0.29, 0.717) is 18.1 Å². The molecular formula is C14H17N3O4S. The Morgan fingerprint density at radius 1 is 1.14 bits per heavy atom. The van der Waals surface area contributed by atoms with E-state index in [4.69, 9.17) is 8.94 Å². The van der Waals surface area contributed by atoms with E-state index in [1.165, 1.54) is 12.3 Å². The lowest BCUT2D eigenvalue weighted by molar-refractivity contribution is 0.319. The van der Waals surface area contributed by atoms with Crippen molar-refractivity contribution in [3.63, 3.8) is 0 Å². The van der Waals surface area contributed by atoms with Crippen molar-refractivity contribution in [1.82, 2.24) is 14.8 Å². The molecule has 22 heavy (non-hydrogen) atoms. The molecule has 0 unspecified atom stereocenters. The molecule has 2 saturated heterocycles. The molecule has 2 bridgehead atoms. The van der Waals surface area contributed by atoms with Crippen LogP contribution in [-0.4, -0.2) is 43.1 Å². The van der Waals surface area contributed by atoms with Crippen LogP contribution in [0.5, 0.6) is 0 Å². The van der Waals surface area contributed by atoms with Gasteiger partial charge in [-0.05, 0) is 37.9 Å². The topological polar surface area (TPSA) is 88.6 Å². The zero-order valence-electron chi connectivity index (χ0n) is 11.9. The first-order chi connectivity index (χ1) is 10.7. The van der Waals surface area contributed by atoms with Crippen LogP contribution < -0.4 is 5.32 Å². The minimum Gasteiger partial charge on any atom is -0.440 e. The number of furan rings is 1.